The van der Waals surface area contributed by atoms with E-state index in [0.717, 1.165) is 32.0 Å². The van der Waals surface area contributed by atoms with Crippen molar-refractivity contribution in [2.24, 2.45) is 0 Å². The third-order valence-electron chi connectivity index (χ3n) is 4.05. The third kappa shape index (κ3) is 2.28. The SMILES string of the molecule is [B]Nc1c(OO)ccc2c1c(=C/C)/c(=C\C=C)c1ccccc12. The minimum atomic E-state index is 0.280. The van der Waals surface area contributed by atoms with Gasteiger partial charge in [-0.1, -0.05) is 49.1 Å². The van der Waals surface area contributed by atoms with Crippen molar-refractivity contribution in [3.05, 3.63) is 59.5 Å². The van der Waals surface area contributed by atoms with Crippen LogP contribution in [0, 0.1) is 0 Å². The first-order valence-electron chi connectivity index (χ1n) is 7.31. The Labute approximate surface area is 135 Å². The van der Waals surface area contributed by atoms with E-state index >= 15 is 0 Å². The zero-order valence-electron chi connectivity index (χ0n) is 12.8. The van der Waals surface area contributed by atoms with Gasteiger partial charge in [-0.05, 0) is 45.7 Å². The smallest absolute Gasteiger partial charge is 0.222 e. The first-order valence-corrected chi connectivity index (χ1v) is 7.31. The van der Waals surface area contributed by atoms with Crippen LogP contribution in [0.5, 0.6) is 5.75 Å². The molecule has 2 N–H and O–H groups in total. The fraction of sp³-hybridized carbons (Fsp3) is 0.0526. The molecule has 3 aromatic carbocycles. The monoisotopic (exact) mass is 301 g/mol. The molecule has 0 heterocycles. The number of allylic oxidation sites excluding steroid dienone is 1. The van der Waals surface area contributed by atoms with Gasteiger partial charge < -0.3 is 10.1 Å². The van der Waals surface area contributed by atoms with Crippen molar-refractivity contribution in [2.75, 3.05) is 5.23 Å². The highest BCUT2D eigenvalue weighted by molar-refractivity contribution is 6.22. The van der Waals surface area contributed by atoms with E-state index in [0.29, 0.717) is 5.69 Å². The van der Waals surface area contributed by atoms with Gasteiger partial charge in [0.25, 0.3) is 0 Å². The lowest BCUT2D eigenvalue weighted by atomic mass is 9.95. The maximum absolute atomic E-state index is 9.13. The predicted octanol–water partition coefficient (Wildman–Crippen LogP) is 3.11. The molecule has 3 rings (SSSR count). The highest BCUT2D eigenvalue weighted by Crippen LogP contribution is 2.33. The molecule has 112 valence electrons. The number of benzene rings is 3. The van der Waals surface area contributed by atoms with E-state index < -0.39 is 0 Å². The maximum Gasteiger partial charge on any atom is 0.222 e. The Morgan fingerprint density at radius 1 is 1.09 bits per heavy atom. The topological polar surface area (TPSA) is 41.5 Å². The van der Waals surface area contributed by atoms with Crippen LogP contribution < -0.4 is 20.6 Å². The Bertz CT molecular complexity index is 1030. The summed E-state index contributed by atoms with van der Waals surface area (Å²) in [6.45, 7) is 5.79. The molecule has 0 aliphatic rings. The van der Waals surface area contributed by atoms with Gasteiger partial charge in [-0.2, -0.15) is 0 Å². The lowest BCUT2D eigenvalue weighted by Crippen LogP contribution is -2.27. The molecule has 0 saturated carbocycles. The fourth-order valence-corrected chi connectivity index (χ4v) is 3.14. The van der Waals surface area contributed by atoms with Crippen LogP contribution in [0.1, 0.15) is 6.92 Å². The van der Waals surface area contributed by atoms with Crippen molar-refractivity contribution < 1.29 is 10.1 Å². The van der Waals surface area contributed by atoms with Gasteiger partial charge in [0.2, 0.25) is 7.98 Å². The number of anilines is 1. The van der Waals surface area contributed by atoms with Crippen LogP contribution >= 0.6 is 0 Å². The number of nitrogens with one attached hydrogen (secondary N) is 1. The van der Waals surface area contributed by atoms with Crippen LogP contribution in [0.4, 0.5) is 5.69 Å². The average Bonchev–Trinajstić information content (AvgIpc) is 2.61. The summed E-state index contributed by atoms with van der Waals surface area (Å²) < 4.78 is 0. The number of hydrogen-bond acceptors (Lipinski definition) is 3. The molecule has 2 radical (unpaired) electrons. The average molecular weight is 301 g/mol. The van der Waals surface area contributed by atoms with Crippen LogP contribution in [0.2, 0.25) is 0 Å². The standard InChI is InChI=1S/C19H16BNO2/c1-3-7-13-12(4-2)18-16(15-9-6-5-8-14(13)15)10-11-17(23-22)19(18)21-20/h3-11,21-22H,1H2,2H3/b12-4+,13-7+. The van der Waals surface area contributed by atoms with Crippen molar-refractivity contribution in [1.82, 2.24) is 0 Å². The third-order valence-corrected chi connectivity index (χ3v) is 4.05. The molecular formula is C19H16BNO2. The van der Waals surface area contributed by atoms with Crippen LogP contribution in [0.3, 0.4) is 0 Å². The summed E-state index contributed by atoms with van der Waals surface area (Å²) in [5, 5.41) is 18.0. The molecular weight excluding hydrogens is 285 g/mol. The van der Waals surface area contributed by atoms with E-state index in [9.17, 15) is 0 Å². The van der Waals surface area contributed by atoms with Crippen molar-refractivity contribution in [2.45, 2.75) is 6.92 Å². The first kappa shape index (κ1) is 15.2. The van der Waals surface area contributed by atoms with Crippen molar-refractivity contribution in [3.63, 3.8) is 0 Å². The molecule has 0 atom stereocenters. The van der Waals surface area contributed by atoms with Crippen molar-refractivity contribution >= 4 is 47.4 Å². The Hall–Kier alpha value is -2.72. The minimum absolute atomic E-state index is 0.280. The van der Waals surface area contributed by atoms with Crippen molar-refractivity contribution in [1.29, 1.82) is 0 Å². The Morgan fingerprint density at radius 3 is 2.43 bits per heavy atom. The van der Waals surface area contributed by atoms with Crippen LogP contribution in [-0.2, 0) is 0 Å². The van der Waals surface area contributed by atoms with Gasteiger partial charge in [-0.25, -0.2) is 5.26 Å². The summed E-state index contributed by atoms with van der Waals surface area (Å²) in [5.74, 6) is 0.280. The van der Waals surface area contributed by atoms with Crippen LogP contribution in [0.15, 0.2) is 49.1 Å². The zero-order valence-corrected chi connectivity index (χ0v) is 12.8. The summed E-state index contributed by atoms with van der Waals surface area (Å²) in [6, 6.07) is 11.8. The van der Waals surface area contributed by atoms with E-state index in [1.54, 1.807) is 12.1 Å². The zero-order chi connectivity index (χ0) is 16.4. The van der Waals surface area contributed by atoms with Gasteiger partial charge in [-0.3, -0.25) is 0 Å². The van der Waals surface area contributed by atoms with E-state index in [1.807, 2.05) is 37.3 Å². The Kier molecular flexibility index (Phi) is 4.09. The maximum atomic E-state index is 9.13. The molecule has 0 aliphatic heterocycles. The predicted molar refractivity (Wildman–Crippen MR) is 98.1 cm³/mol. The van der Waals surface area contributed by atoms with Crippen LogP contribution in [0.25, 0.3) is 33.7 Å². The first-order chi connectivity index (χ1) is 11.3. The normalized spacial score (nSPS) is 12.8. The van der Waals surface area contributed by atoms with Crippen molar-refractivity contribution in [3.8, 4) is 5.75 Å². The van der Waals surface area contributed by atoms with E-state index in [2.05, 4.69) is 28.8 Å². The Balaban J connectivity index is 2.76. The molecule has 0 spiro atoms. The molecule has 0 aliphatic carbocycles. The molecule has 0 unspecified atom stereocenters. The minimum Gasteiger partial charge on any atom is -0.434 e. The van der Waals surface area contributed by atoms with Crippen LogP contribution in [-0.4, -0.2) is 13.2 Å². The van der Waals surface area contributed by atoms with Gasteiger partial charge in [0.1, 0.15) is 0 Å². The van der Waals surface area contributed by atoms with E-state index in [4.69, 9.17) is 13.2 Å². The lowest BCUT2D eigenvalue weighted by molar-refractivity contribution is -0.136. The largest absolute Gasteiger partial charge is 0.434 e. The quantitative estimate of drug-likeness (QED) is 0.338. The molecule has 3 nitrogen and oxygen atoms in total. The van der Waals surface area contributed by atoms with E-state index in [1.165, 1.54) is 0 Å². The number of hydrogen-bond donors (Lipinski definition) is 2. The lowest BCUT2D eigenvalue weighted by Gasteiger charge is -2.14. The summed E-state index contributed by atoms with van der Waals surface area (Å²) in [4.78, 5) is 4.47. The molecule has 0 saturated heterocycles. The second kappa shape index (κ2) is 6.19. The number of rotatable bonds is 3. The summed E-state index contributed by atoms with van der Waals surface area (Å²) in [5.41, 5.74) is 0.544. The summed E-state index contributed by atoms with van der Waals surface area (Å²) >= 11 is 0. The highest BCUT2D eigenvalue weighted by Gasteiger charge is 2.12. The highest BCUT2D eigenvalue weighted by atomic mass is 17.1. The molecule has 0 bridgehead atoms. The molecule has 4 heteroatoms. The number of fused-ring (bicyclic) bond motifs is 3. The summed E-state index contributed by atoms with van der Waals surface area (Å²) in [6.07, 6.45) is 5.76. The second-order valence-corrected chi connectivity index (χ2v) is 5.16. The molecule has 3 aromatic rings. The second-order valence-electron chi connectivity index (χ2n) is 5.16. The van der Waals surface area contributed by atoms with Gasteiger partial charge in [0.05, 0.1) is 5.69 Å². The van der Waals surface area contributed by atoms with Gasteiger partial charge >= 0.3 is 0 Å². The van der Waals surface area contributed by atoms with E-state index in [-0.39, 0.29) is 5.75 Å². The molecule has 23 heavy (non-hydrogen) atoms. The van der Waals surface area contributed by atoms with Gasteiger partial charge in [0.15, 0.2) is 5.75 Å². The molecule has 0 amide bonds. The van der Waals surface area contributed by atoms with Gasteiger partial charge in [-0.15, -0.1) is 0 Å². The molecule has 0 fully saturated rings. The Morgan fingerprint density at radius 2 is 1.83 bits per heavy atom. The fourth-order valence-electron chi connectivity index (χ4n) is 3.14. The molecule has 0 aromatic heterocycles. The van der Waals surface area contributed by atoms with Gasteiger partial charge in [0, 0.05) is 5.39 Å². The summed E-state index contributed by atoms with van der Waals surface area (Å²) in [7, 11) is 5.70.